The summed E-state index contributed by atoms with van der Waals surface area (Å²) in [5.74, 6) is -0.459. The molecule has 0 bridgehead atoms. The molecular weight excluding hydrogens is 182 g/mol. The van der Waals surface area contributed by atoms with Gasteiger partial charge in [-0.1, -0.05) is 0 Å². The molecule has 0 fully saturated rings. The molecule has 0 saturated carbocycles. The quantitative estimate of drug-likeness (QED) is 0.514. The van der Waals surface area contributed by atoms with Gasteiger partial charge in [0.1, 0.15) is 0 Å². The molecule has 1 unspecified atom stereocenters. The zero-order valence-corrected chi connectivity index (χ0v) is 8.27. The van der Waals surface area contributed by atoms with Crippen LogP contribution in [0.2, 0.25) is 0 Å². The van der Waals surface area contributed by atoms with Gasteiger partial charge >= 0.3 is 0 Å². The highest BCUT2D eigenvalue weighted by Crippen LogP contribution is 2.07. The standard InChI is InChI=1S/C10H15NO3/c1-8(12)4-2-3-7-11-9(13)5-6-10(11)14/h5-6,8,12H,2-4,7H2,1H3. The monoisotopic (exact) mass is 197 g/mol. The molecule has 14 heavy (non-hydrogen) atoms. The molecule has 78 valence electrons. The van der Waals surface area contributed by atoms with Crippen LogP contribution < -0.4 is 0 Å². The zero-order chi connectivity index (χ0) is 10.6. The van der Waals surface area contributed by atoms with Crippen LogP contribution in [0.5, 0.6) is 0 Å². The van der Waals surface area contributed by atoms with E-state index in [1.54, 1.807) is 6.92 Å². The molecule has 0 aromatic rings. The van der Waals surface area contributed by atoms with Gasteiger partial charge in [-0.15, -0.1) is 0 Å². The van der Waals surface area contributed by atoms with E-state index >= 15 is 0 Å². The van der Waals surface area contributed by atoms with Gasteiger partial charge in [0.15, 0.2) is 0 Å². The molecule has 0 aromatic heterocycles. The Morgan fingerprint density at radius 1 is 1.29 bits per heavy atom. The second-order valence-electron chi connectivity index (χ2n) is 3.51. The molecule has 1 aliphatic heterocycles. The first-order chi connectivity index (χ1) is 6.61. The molecule has 1 atom stereocenters. The van der Waals surface area contributed by atoms with Crippen molar-refractivity contribution in [2.75, 3.05) is 6.54 Å². The lowest BCUT2D eigenvalue weighted by atomic mass is 10.2. The van der Waals surface area contributed by atoms with Crippen LogP contribution in [0.25, 0.3) is 0 Å². The second-order valence-corrected chi connectivity index (χ2v) is 3.51. The summed E-state index contributed by atoms with van der Waals surface area (Å²) in [4.78, 5) is 23.4. The Morgan fingerprint density at radius 2 is 1.86 bits per heavy atom. The van der Waals surface area contributed by atoms with E-state index in [1.807, 2.05) is 0 Å². The summed E-state index contributed by atoms with van der Waals surface area (Å²) >= 11 is 0. The molecule has 1 heterocycles. The van der Waals surface area contributed by atoms with Crippen molar-refractivity contribution in [3.8, 4) is 0 Å². The van der Waals surface area contributed by atoms with E-state index < -0.39 is 0 Å². The van der Waals surface area contributed by atoms with Crippen molar-refractivity contribution in [2.45, 2.75) is 32.3 Å². The molecule has 4 nitrogen and oxygen atoms in total. The number of nitrogens with zero attached hydrogens (tertiary/aromatic N) is 1. The van der Waals surface area contributed by atoms with Crippen molar-refractivity contribution in [1.29, 1.82) is 0 Å². The summed E-state index contributed by atoms with van der Waals surface area (Å²) < 4.78 is 0. The fourth-order valence-electron chi connectivity index (χ4n) is 1.36. The molecule has 1 N–H and O–H groups in total. The fraction of sp³-hybridized carbons (Fsp3) is 0.600. The fourth-order valence-corrected chi connectivity index (χ4v) is 1.36. The Hall–Kier alpha value is -1.16. The van der Waals surface area contributed by atoms with E-state index in [4.69, 9.17) is 5.11 Å². The largest absolute Gasteiger partial charge is 0.393 e. The smallest absolute Gasteiger partial charge is 0.253 e. The Bertz CT molecular complexity index is 240. The minimum absolute atomic E-state index is 0.230. The maximum atomic E-state index is 11.1. The number of rotatable bonds is 5. The van der Waals surface area contributed by atoms with Crippen molar-refractivity contribution in [1.82, 2.24) is 4.90 Å². The highest BCUT2D eigenvalue weighted by molar-refractivity contribution is 6.12. The van der Waals surface area contributed by atoms with E-state index in [9.17, 15) is 9.59 Å². The molecule has 2 amide bonds. The topological polar surface area (TPSA) is 57.6 Å². The lowest BCUT2D eigenvalue weighted by Crippen LogP contribution is -2.30. The zero-order valence-electron chi connectivity index (χ0n) is 8.27. The van der Waals surface area contributed by atoms with Gasteiger partial charge in [0.25, 0.3) is 11.8 Å². The third-order valence-corrected chi connectivity index (χ3v) is 2.15. The van der Waals surface area contributed by atoms with Gasteiger partial charge in [0.2, 0.25) is 0 Å². The van der Waals surface area contributed by atoms with Crippen LogP contribution in [-0.4, -0.2) is 34.5 Å². The van der Waals surface area contributed by atoms with Crippen LogP contribution in [-0.2, 0) is 9.59 Å². The normalized spacial score (nSPS) is 18.0. The minimum Gasteiger partial charge on any atom is -0.393 e. The molecule has 0 aliphatic carbocycles. The third-order valence-electron chi connectivity index (χ3n) is 2.15. The Kier molecular flexibility index (Phi) is 3.83. The van der Waals surface area contributed by atoms with E-state index in [2.05, 4.69) is 0 Å². The van der Waals surface area contributed by atoms with Crippen LogP contribution in [0, 0.1) is 0 Å². The number of unbranched alkanes of at least 4 members (excludes halogenated alkanes) is 1. The maximum Gasteiger partial charge on any atom is 0.253 e. The van der Waals surface area contributed by atoms with Gasteiger partial charge in [-0.2, -0.15) is 0 Å². The maximum absolute atomic E-state index is 11.1. The highest BCUT2D eigenvalue weighted by atomic mass is 16.3. The Morgan fingerprint density at radius 3 is 2.36 bits per heavy atom. The van der Waals surface area contributed by atoms with Gasteiger partial charge in [0.05, 0.1) is 6.10 Å². The van der Waals surface area contributed by atoms with Gasteiger partial charge in [-0.25, -0.2) is 0 Å². The number of aliphatic hydroxyl groups excluding tert-OH is 1. The number of hydrogen-bond donors (Lipinski definition) is 1. The first-order valence-electron chi connectivity index (χ1n) is 4.83. The van der Waals surface area contributed by atoms with Crippen LogP contribution >= 0.6 is 0 Å². The summed E-state index contributed by atoms with van der Waals surface area (Å²) in [5, 5.41) is 8.99. The highest BCUT2D eigenvalue weighted by Gasteiger charge is 2.22. The molecular formula is C10H15NO3. The number of imide groups is 1. The number of hydrogen-bond acceptors (Lipinski definition) is 3. The predicted octanol–water partition coefficient (Wildman–Crippen LogP) is 0.462. The summed E-state index contributed by atoms with van der Waals surface area (Å²) in [5.41, 5.74) is 0. The summed E-state index contributed by atoms with van der Waals surface area (Å²) in [6, 6.07) is 0. The average Bonchev–Trinajstić information content (AvgIpc) is 2.42. The first-order valence-corrected chi connectivity index (χ1v) is 4.83. The number of aliphatic hydroxyl groups is 1. The summed E-state index contributed by atoms with van der Waals surface area (Å²) in [7, 11) is 0. The molecule has 4 heteroatoms. The predicted molar refractivity (Wildman–Crippen MR) is 51.4 cm³/mol. The molecule has 0 spiro atoms. The Balaban J connectivity index is 2.19. The molecule has 0 aromatic carbocycles. The van der Waals surface area contributed by atoms with E-state index in [1.165, 1.54) is 17.1 Å². The average molecular weight is 197 g/mol. The van der Waals surface area contributed by atoms with Crippen LogP contribution in [0.3, 0.4) is 0 Å². The Labute approximate surface area is 83.2 Å². The van der Waals surface area contributed by atoms with E-state index in [0.717, 1.165) is 12.8 Å². The molecule has 0 saturated heterocycles. The van der Waals surface area contributed by atoms with Gasteiger partial charge < -0.3 is 5.11 Å². The van der Waals surface area contributed by atoms with Gasteiger partial charge in [0, 0.05) is 18.7 Å². The van der Waals surface area contributed by atoms with Crippen molar-refractivity contribution < 1.29 is 14.7 Å². The third kappa shape index (κ3) is 2.96. The number of carbonyl (C=O) groups excluding carboxylic acids is 2. The van der Waals surface area contributed by atoms with Crippen LogP contribution in [0.1, 0.15) is 26.2 Å². The molecule has 1 aliphatic rings. The number of carbonyl (C=O) groups is 2. The van der Waals surface area contributed by atoms with Crippen molar-refractivity contribution in [2.24, 2.45) is 0 Å². The molecule has 1 rings (SSSR count). The van der Waals surface area contributed by atoms with Gasteiger partial charge in [-0.3, -0.25) is 14.5 Å². The lowest BCUT2D eigenvalue weighted by Gasteiger charge is -2.13. The SMILES string of the molecule is CC(O)CCCCN1C(=O)C=CC1=O. The van der Waals surface area contributed by atoms with Crippen molar-refractivity contribution in [3.05, 3.63) is 12.2 Å². The van der Waals surface area contributed by atoms with Crippen molar-refractivity contribution in [3.63, 3.8) is 0 Å². The summed E-state index contributed by atoms with van der Waals surface area (Å²) in [6.45, 7) is 2.19. The van der Waals surface area contributed by atoms with E-state index in [-0.39, 0.29) is 17.9 Å². The van der Waals surface area contributed by atoms with Crippen LogP contribution in [0.4, 0.5) is 0 Å². The second kappa shape index (κ2) is 4.91. The summed E-state index contributed by atoms with van der Waals surface area (Å²) in [6.07, 6.45) is 4.56. The van der Waals surface area contributed by atoms with E-state index in [0.29, 0.717) is 13.0 Å². The lowest BCUT2D eigenvalue weighted by molar-refractivity contribution is -0.136. The van der Waals surface area contributed by atoms with Crippen molar-refractivity contribution >= 4 is 11.8 Å². The van der Waals surface area contributed by atoms with Crippen LogP contribution in [0.15, 0.2) is 12.2 Å². The first kappa shape index (κ1) is 10.9. The minimum atomic E-state index is -0.307. The van der Waals surface area contributed by atoms with Gasteiger partial charge in [-0.05, 0) is 26.2 Å². The molecule has 0 radical (unpaired) electrons. The number of amides is 2.